The van der Waals surface area contributed by atoms with Crippen LogP contribution in [0.15, 0.2) is 93.6 Å². The van der Waals surface area contributed by atoms with Crippen LogP contribution in [-0.4, -0.2) is 15.6 Å². The van der Waals surface area contributed by atoms with Crippen LogP contribution < -0.4 is 0 Å². The van der Waals surface area contributed by atoms with E-state index in [4.69, 9.17) is 0 Å². The van der Waals surface area contributed by atoms with E-state index in [0.717, 1.165) is 21.8 Å². The smallest absolute Gasteiger partial charge is 0.295 e. The van der Waals surface area contributed by atoms with Crippen molar-refractivity contribution >= 4 is 38.4 Å². The molecule has 0 aliphatic heterocycles. The summed E-state index contributed by atoms with van der Waals surface area (Å²) in [5.41, 5.74) is 2.77. The van der Waals surface area contributed by atoms with Gasteiger partial charge in [-0.15, -0.1) is 10.2 Å². The first-order chi connectivity index (χ1) is 14.1. The first-order valence-electron chi connectivity index (χ1n) is 9.19. The van der Waals surface area contributed by atoms with Gasteiger partial charge in [0, 0.05) is 22.0 Å². The zero-order chi connectivity index (χ0) is 20.2. The number of hydrogen-bond donors (Lipinski definition) is 1. The average molecular weight is 448 g/mol. The molecule has 1 N–H and O–H groups in total. The van der Waals surface area contributed by atoms with Crippen LogP contribution in [-0.2, 0) is 13.0 Å². The van der Waals surface area contributed by atoms with Crippen molar-refractivity contribution in [3.63, 3.8) is 0 Å². The molecular weight excluding hydrogens is 430 g/mol. The summed E-state index contributed by atoms with van der Waals surface area (Å²) in [4.78, 5) is 12.3. The Labute approximate surface area is 176 Å². The number of nitrogens with zero attached hydrogens (tertiary/aromatic N) is 3. The molecule has 1 aromatic heterocycles. The molecule has 1 heterocycles. The van der Waals surface area contributed by atoms with Gasteiger partial charge in [0.05, 0.1) is 5.52 Å². The molecule has 0 aliphatic rings. The van der Waals surface area contributed by atoms with E-state index < -0.39 is 5.91 Å². The van der Waals surface area contributed by atoms with Crippen LogP contribution in [0.4, 0.5) is 5.69 Å². The first-order valence-corrected chi connectivity index (χ1v) is 9.98. The number of para-hydroxylation sites is 1. The lowest BCUT2D eigenvalue weighted by molar-refractivity contribution is 0.0995. The van der Waals surface area contributed by atoms with Crippen LogP contribution >= 0.6 is 15.9 Å². The van der Waals surface area contributed by atoms with E-state index in [1.54, 1.807) is 28.8 Å². The molecule has 6 heteroatoms. The van der Waals surface area contributed by atoms with E-state index in [1.807, 2.05) is 42.5 Å². The van der Waals surface area contributed by atoms with E-state index in [1.165, 1.54) is 5.56 Å². The molecule has 3 aromatic carbocycles. The van der Waals surface area contributed by atoms with Crippen molar-refractivity contribution in [2.75, 3.05) is 0 Å². The van der Waals surface area contributed by atoms with Gasteiger partial charge in [0.15, 0.2) is 5.69 Å². The fourth-order valence-corrected chi connectivity index (χ4v) is 3.49. The predicted molar refractivity (Wildman–Crippen MR) is 117 cm³/mol. The molecule has 0 atom stereocenters. The van der Waals surface area contributed by atoms with Crippen molar-refractivity contribution in [3.05, 3.63) is 94.5 Å². The highest BCUT2D eigenvalue weighted by Gasteiger charge is 2.17. The zero-order valence-electron chi connectivity index (χ0n) is 15.5. The van der Waals surface area contributed by atoms with E-state index in [0.29, 0.717) is 17.8 Å². The number of aromatic hydroxyl groups is 1. The van der Waals surface area contributed by atoms with Gasteiger partial charge in [-0.3, -0.25) is 4.79 Å². The summed E-state index contributed by atoms with van der Waals surface area (Å²) in [5, 5.41) is 19.5. The Morgan fingerprint density at radius 1 is 0.931 bits per heavy atom. The number of aryl methyl sites for hydroxylation is 2. The maximum absolute atomic E-state index is 12.3. The predicted octanol–water partition coefficient (Wildman–Crippen LogP) is 6.28. The maximum atomic E-state index is 12.3. The monoisotopic (exact) mass is 447 g/mol. The molecule has 1 amide bonds. The van der Waals surface area contributed by atoms with Gasteiger partial charge in [0.25, 0.3) is 5.91 Å². The lowest BCUT2D eigenvalue weighted by Crippen LogP contribution is -2.00. The van der Waals surface area contributed by atoms with Gasteiger partial charge in [0.1, 0.15) is 0 Å². The topological polar surface area (TPSA) is 66.9 Å². The molecule has 4 rings (SSSR count). The summed E-state index contributed by atoms with van der Waals surface area (Å²) in [5.74, 6) is -0.451. The first kappa shape index (κ1) is 19.1. The number of fused-ring (bicyclic) bond motifs is 1. The molecule has 144 valence electrons. The van der Waals surface area contributed by atoms with Gasteiger partial charge >= 0.3 is 0 Å². The zero-order valence-corrected chi connectivity index (χ0v) is 17.1. The van der Waals surface area contributed by atoms with Crippen LogP contribution in [0.2, 0.25) is 0 Å². The highest BCUT2D eigenvalue weighted by molar-refractivity contribution is 9.10. The van der Waals surface area contributed by atoms with E-state index in [9.17, 15) is 9.90 Å². The van der Waals surface area contributed by atoms with Crippen LogP contribution in [0.5, 0.6) is 5.88 Å². The summed E-state index contributed by atoms with van der Waals surface area (Å²) < 4.78 is 2.69. The molecule has 4 aromatic rings. The van der Waals surface area contributed by atoms with Crippen molar-refractivity contribution in [2.45, 2.75) is 13.0 Å². The highest BCUT2D eigenvalue weighted by atomic mass is 79.9. The van der Waals surface area contributed by atoms with E-state index in [-0.39, 0.29) is 5.88 Å². The number of hydrogen-bond acceptors (Lipinski definition) is 3. The Balaban J connectivity index is 1.65. The lowest BCUT2D eigenvalue weighted by atomic mass is 10.1. The number of aromatic nitrogens is 1. The molecule has 5 nitrogen and oxygen atoms in total. The third kappa shape index (κ3) is 4.12. The second-order valence-corrected chi connectivity index (χ2v) is 7.50. The number of halogens is 1. The Morgan fingerprint density at radius 3 is 2.38 bits per heavy atom. The van der Waals surface area contributed by atoms with Crippen molar-refractivity contribution in [1.82, 2.24) is 4.57 Å². The Kier molecular flexibility index (Phi) is 5.53. The van der Waals surface area contributed by atoms with Crippen molar-refractivity contribution < 1.29 is 9.90 Å². The van der Waals surface area contributed by atoms with Gasteiger partial charge in [-0.1, -0.05) is 64.5 Å². The number of carbonyl (C=O) groups excluding carboxylic acids is 1. The minimum Gasteiger partial charge on any atom is -0.493 e. The van der Waals surface area contributed by atoms with Crippen LogP contribution in [0.1, 0.15) is 15.9 Å². The normalized spacial score (nSPS) is 11.3. The SMILES string of the molecule is O=C(N=Nc1c(O)n(CCc2ccccc2)c2ccccc12)c1ccc(Br)cc1. The van der Waals surface area contributed by atoms with Gasteiger partial charge in [0.2, 0.25) is 5.88 Å². The van der Waals surface area contributed by atoms with E-state index >= 15 is 0 Å². The molecule has 29 heavy (non-hydrogen) atoms. The molecule has 0 fully saturated rings. The number of amides is 1. The largest absolute Gasteiger partial charge is 0.493 e. The van der Waals surface area contributed by atoms with E-state index in [2.05, 4.69) is 38.3 Å². The second kappa shape index (κ2) is 8.41. The van der Waals surface area contributed by atoms with Crippen molar-refractivity contribution in [3.8, 4) is 5.88 Å². The molecule has 0 saturated carbocycles. The number of carbonyl (C=O) groups is 1. The third-order valence-electron chi connectivity index (χ3n) is 4.72. The molecule has 0 unspecified atom stereocenters. The Morgan fingerprint density at radius 2 is 1.62 bits per heavy atom. The summed E-state index contributed by atoms with van der Waals surface area (Å²) >= 11 is 3.34. The molecule has 0 saturated heterocycles. The Bertz CT molecular complexity index is 1180. The van der Waals surface area contributed by atoms with Crippen LogP contribution in [0.25, 0.3) is 10.9 Å². The van der Waals surface area contributed by atoms with Crippen molar-refractivity contribution in [2.24, 2.45) is 10.2 Å². The average Bonchev–Trinajstić information content (AvgIpc) is 3.02. The minimum absolute atomic E-state index is 0.00878. The standard InChI is InChI=1S/C23H18BrN3O2/c24-18-12-10-17(11-13-18)22(28)26-25-21-19-8-4-5-9-20(19)27(23(21)29)15-14-16-6-2-1-3-7-16/h1-13,29H,14-15H2. The van der Waals surface area contributed by atoms with Gasteiger partial charge in [-0.2, -0.15) is 0 Å². The maximum Gasteiger partial charge on any atom is 0.295 e. The van der Waals surface area contributed by atoms with Gasteiger partial charge in [-0.05, 0) is 42.3 Å². The van der Waals surface area contributed by atoms with Crippen LogP contribution in [0.3, 0.4) is 0 Å². The fourth-order valence-electron chi connectivity index (χ4n) is 3.23. The lowest BCUT2D eigenvalue weighted by Gasteiger charge is -2.07. The fraction of sp³-hybridized carbons (Fsp3) is 0.0870. The number of benzene rings is 3. The molecule has 0 spiro atoms. The Hall–Kier alpha value is -3.25. The molecule has 0 radical (unpaired) electrons. The number of azo groups is 1. The van der Waals surface area contributed by atoms with Crippen LogP contribution in [0, 0.1) is 0 Å². The molecule has 0 bridgehead atoms. The quantitative estimate of drug-likeness (QED) is 0.366. The second-order valence-electron chi connectivity index (χ2n) is 6.59. The summed E-state index contributed by atoms with van der Waals surface area (Å²) in [7, 11) is 0. The van der Waals surface area contributed by atoms with Gasteiger partial charge in [-0.25, -0.2) is 0 Å². The summed E-state index contributed by atoms with van der Waals surface area (Å²) in [6.45, 7) is 0.590. The third-order valence-corrected chi connectivity index (χ3v) is 5.25. The highest BCUT2D eigenvalue weighted by Crippen LogP contribution is 2.39. The van der Waals surface area contributed by atoms with Gasteiger partial charge < -0.3 is 9.67 Å². The van der Waals surface area contributed by atoms with Crippen molar-refractivity contribution in [1.29, 1.82) is 0 Å². The minimum atomic E-state index is -0.460. The summed E-state index contributed by atoms with van der Waals surface area (Å²) in [6, 6.07) is 24.6. The molecule has 0 aliphatic carbocycles. The summed E-state index contributed by atoms with van der Waals surface area (Å²) in [6.07, 6.45) is 0.765. The number of rotatable bonds is 5. The molecular formula is C23H18BrN3O2.